The monoisotopic (exact) mass is 338 g/mol. The highest BCUT2D eigenvalue weighted by Crippen LogP contribution is 2.14. The van der Waals surface area contributed by atoms with Crippen LogP contribution in [-0.4, -0.2) is 37.2 Å². The van der Waals surface area contributed by atoms with Crippen LogP contribution in [0.2, 0.25) is 0 Å². The van der Waals surface area contributed by atoms with Crippen molar-refractivity contribution in [3.8, 4) is 11.6 Å². The van der Waals surface area contributed by atoms with Gasteiger partial charge in [0.1, 0.15) is 30.5 Å². The van der Waals surface area contributed by atoms with Crippen molar-refractivity contribution in [2.75, 3.05) is 11.9 Å². The van der Waals surface area contributed by atoms with Crippen molar-refractivity contribution >= 4 is 11.7 Å². The van der Waals surface area contributed by atoms with E-state index in [4.69, 9.17) is 4.74 Å². The minimum atomic E-state index is -0.261. The Hall–Kier alpha value is -3.29. The number of amides is 1. The number of carbonyl (C=O) groups is 1. The maximum Gasteiger partial charge on any atom is 0.256 e. The lowest BCUT2D eigenvalue weighted by Gasteiger charge is -2.08. The lowest BCUT2D eigenvalue weighted by Crippen LogP contribution is -2.13. The van der Waals surface area contributed by atoms with Gasteiger partial charge in [0.2, 0.25) is 0 Å². The van der Waals surface area contributed by atoms with E-state index in [1.165, 1.54) is 23.7 Å². The Kier molecular flexibility index (Phi) is 5.30. The van der Waals surface area contributed by atoms with Crippen molar-refractivity contribution < 1.29 is 9.53 Å². The standard InChI is InChI=1S/C17H18N6O2/c1-2-3-8-25-14-6-4-13(5-7-14)17(24)22-15-9-16(20-11-19-15)23-12-18-10-21-23/h4-7,9-12H,2-3,8H2,1H3,(H,19,20,22,24). The molecule has 1 N–H and O–H groups in total. The summed E-state index contributed by atoms with van der Waals surface area (Å²) in [6, 6.07) is 8.62. The van der Waals surface area contributed by atoms with Crippen LogP contribution in [0.25, 0.3) is 5.82 Å². The van der Waals surface area contributed by atoms with Crippen LogP contribution >= 0.6 is 0 Å². The minimum absolute atomic E-state index is 0.261. The maximum absolute atomic E-state index is 12.3. The van der Waals surface area contributed by atoms with E-state index < -0.39 is 0 Å². The maximum atomic E-state index is 12.3. The molecule has 0 aliphatic heterocycles. The lowest BCUT2D eigenvalue weighted by molar-refractivity contribution is 0.102. The number of unbranched alkanes of at least 4 members (excludes halogenated alkanes) is 1. The fourth-order valence-corrected chi connectivity index (χ4v) is 2.09. The molecule has 3 aromatic rings. The number of rotatable bonds is 7. The van der Waals surface area contributed by atoms with E-state index in [1.807, 2.05) is 0 Å². The molecule has 0 unspecified atom stereocenters. The number of benzene rings is 1. The Bertz CT molecular complexity index is 817. The highest BCUT2D eigenvalue weighted by molar-refractivity contribution is 6.03. The molecule has 8 nitrogen and oxygen atoms in total. The summed E-state index contributed by atoms with van der Waals surface area (Å²) in [7, 11) is 0. The van der Waals surface area contributed by atoms with E-state index in [9.17, 15) is 4.79 Å². The fraction of sp³-hybridized carbons (Fsp3) is 0.235. The number of carbonyl (C=O) groups excluding carboxylic acids is 1. The molecular weight excluding hydrogens is 320 g/mol. The van der Waals surface area contributed by atoms with E-state index in [1.54, 1.807) is 30.3 Å². The molecule has 3 rings (SSSR count). The van der Waals surface area contributed by atoms with Crippen LogP contribution in [0.1, 0.15) is 30.1 Å². The molecule has 0 radical (unpaired) electrons. The second kappa shape index (κ2) is 8.00. The van der Waals surface area contributed by atoms with Gasteiger partial charge in [-0.2, -0.15) is 5.10 Å². The van der Waals surface area contributed by atoms with Crippen LogP contribution in [0.5, 0.6) is 5.75 Å². The molecule has 0 saturated heterocycles. The molecule has 0 bridgehead atoms. The fourth-order valence-electron chi connectivity index (χ4n) is 2.09. The molecule has 0 spiro atoms. The summed E-state index contributed by atoms with van der Waals surface area (Å²) in [5, 5.41) is 6.73. The summed E-state index contributed by atoms with van der Waals surface area (Å²) in [6.45, 7) is 2.78. The van der Waals surface area contributed by atoms with Crippen LogP contribution in [0.4, 0.5) is 5.82 Å². The second-order valence-electron chi connectivity index (χ2n) is 5.28. The van der Waals surface area contributed by atoms with Crippen LogP contribution in [0, 0.1) is 0 Å². The van der Waals surface area contributed by atoms with Crippen LogP contribution in [0.3, 0.4) is 0 Å². The Labute approximate surface area is 144 Å². The molecule has 128 valence electrons. The van der Waals surface area contributed by atoms with Crippen molar-refractivity contribution in [2.45, 2.75) is 19.8 Å². The molecule has 2 heterocycles. The molecule has 0 atom stereocenters. The predicted octanol–water partition coefficient (Wildman–Crippen LogP) is 2.49. The summed E-state index contributed by atoms with van der Waals surface area (Å²) in [5.74, 6) is 1.39. The summed E-state index contributed by atoms with van der Waals surface area (Å²) in [5.41, 5.74) is 0.517. The third kappa shape index (κ3) is 4.37. The van der Waals surface area contributed by atoms with Crippen molar-refractivity contribution in [1.82, 2.24) is 24.7 Å². The molecule has 0 fully saturated rings. The molecule has 0 aliphatic carbocycles. The van der Waals surface area contributed by atoms with Gasteiger partial charge < -0.3 is 10.1 Å². The van der Waals surface area contributed by atoms with Crippen molar-refractivity contribution in [3.05, 3.63) is 54.9 Å². The van der Waals surface area contributed by atoms with Crippen LogP contribution < -0.4 is 10.1 Å². The smallest absolute Gasteiger partial charge is 0.256 e. The van der Waals surface area contributed by atoms with Gasteiger partial charge in [0, 0.05) is 11.6 Å². The number of anilines is 1. The van der Waals surface area contributed by atoms with E-state index in [0.717, 1.165) is 18.6 Å². The third-order valence-corrected chi connectivity index (χ3v) is 3.43. The number of aromatic nitrogens is 5. The first-order chi connectivity index (χ1) is 12.3. The summed E-state index contributed by atoms with van der Waals surface area (Å²) in [4.78, 5) is 24.3. The number of hydrogen-bond acceptors (Lipinski definition) is 6. The largest absolute Gasteiger partial charge is 0.494 e. The molecule has 0 saturated carbocycles. The Morgan fingerprint density at radius 1 is 1.20 bits per heavy atom. The van der Waals surface area contributed by atoms with Gasteiger partial charge in [-0.05, 0) is 30.7 Å². The number of ether oxygens (including phenoxy) is 1. The predicted molar refractivity (Wildman–Crippen MR) is 91.7 cm³/mol. The zero-order valence-corrected chi connectivity index (χ0v) is 13.8. The van der Waals surface area contributed by atoms with Gasteiger partial charge >= 0.3 is 0 Å². The average Bonchev–Trinajstić information content (AvgIpc) is 3.17. The van der Waals surface area contributed by atoms with Crippen LogP contribution in [0.15, 0.2) is 49.3 Å². The van der Waals surface area contributed by atoms with Gasteiger partial charge in [-0.1, -0.05) is 13.3 Å². The van der Waals surface area contributed by atoms with Gasteiger partial charge in [0.15, 0.2) is 5.82 Å². The van der Waals surface area contributed by atoms with Crippen LogP contribution in [-0.2, 0) is 0 Å². The van der Waals surface area contributed by atoms with Gasteiger partial charge in [-0.25, -0.2) is 19.6 Å². The van der Waals surface area contributed by atoms with E-state index in [2.05, 4.69) is 32.3 Å². The van der Waals surface area contributed by atoms with Crippen molar-refractivity contribution in [2.24, 2.45) is 0 Å². The van der Waals surface area contributed by atoms with Gasteiger partial charge in [0.25, 0.3) is 5.91 Å². The summed E-state index contributed by atoms with van der Waals surface area (Å²) in [6.07, 6.45) is 6.37. The highest BCUT2D eigenvalue weighted by Gasteiger charge is 2.09. The zero-order valence-electron chi connectivity index (χ0n) is 13.8. The minimum Gasteiger partial charge on any atom is -0.494 e. The first-order valence-corrected chi connectivity index (χ1v) is 7.97. The third-order valence-electron chi connectivity index (χ3n) is 3.43. The normalized spacial score (nSPS) is 10.4. The van der Waals surface area contributed by atoms with Gasteiger partial charge in [-0.15, -0.1) is 0 Å². The lowest BCUT2D eigenvalue weighted by atomic mass is 10.2. The summed E-state index contributed by atoms with van der Waals surface area (Å²) >= 11 is 0. The Morgan fingerprint density at radius 2 is 2.04 bits per heavy atom. The van der Waals surface area contributed by atoms with Gasteiger partial charge in [-0.3, -0.25) is 4.79 Å². The number of hydrogen-bond donors (Lipinski definition) is 1. The first kappa shape index (κ1) is 16.6. The molecule has 1 amide bonds. The van der Waals surface area contributed by atoms with E-state index >= 15 is 0 Å². The van der Waals surface area contributed by atoms with E-state index in [0.29, 0.717) is 23.8 Å². The second-order valence-corrected chi connectivity index (χ2v) is 5.28. The topological polar surface area (TPSA) is 94.8 Å². The molecule has 8 heteroatoms. The highest BCUT2D eigenvalue weighted by atomic mass is 16.5. The number of nitrogens with zero attached hydrogens (tertiary/aromatic N) is 5. The molecule has 1 aromatic carbocycles. The molecule has 0 aliphatic rings. The Balaban J connectivity index is 1.65. The number of nitrogens with one attached hydrogen (secondary N) is 1. The zero-order chi connectivity index (χ0) is 17.5. The van der Waals surface area contributed by atoms with E-state index in [-0.39, 0.29) is 5.91 Å². The Morgan fingerprint density at radius 3 is 2.76 bits per heavy atom. The van der Waals surface area contributed by atoms with Crippen molar-refractivity contribution in [3.63, 3.8) is 0 Å². The SMILES string of the molecule is CCCCOc1ccc(C(=O)Nc2cc(-n3cncn3)ncn2)cc1. The average molecular weight is 338 g/mol. The molecule has 25 heavy (non-hydrogen) atoms. The quantitative estimate of drug-likeness (QED) is 0.665. The summed E-state index contributed by atoms with van der Waals surface area (Å²) < 4.78 is 7.07. The molecular formula is C17H18N6O2. The van der Waals surface area contributed by atoms with Crippen molar-refractivity contribution in [1.29, 1.82) is 0 Å². The molecule has 2 aromatic heterocycles. The van der Waals surface area contributed by atoms with Gasteiger partial charge in [0.05, 0.1) is 6.61 Å². The first-order valence-electron chi connectivity index (χ1n) is 7.97.